The van der Waals surface area contributed by atoms with E-state index in [4.69, 9.17) is 10.00 Å². The fourth-order valence-electron chi connectivity index (χ4n) is 3.87. The number of likely N-dealkylation sites (N-methyl/N-ethyl adjacent to an activating group) is 1. The van der Waals surface area contributed by atoms with Gasteiger partial charge in [-0.05, 0) is 69.6 Å². The number of hydrogen-bond acceptors (Lipinski definition) is 9. The summed E-state index contributed by atoms with van der Waals surface area (Å²) in [5.74, 6) is 1.83. The van der Waals surface area contributed by atoms with Crippen molar-refractivity contribution in [2.45, 2.75) is 11.8 Å². The first-order valence-electron chi connectivity index (χ1n) is 12.0. The van der Waals surface area contributed by atoms with Gasteiger partial charge in [-0.15, -0.1) is 0 Å². The molecule has 2 heterocycles. The summed E-state index contributed by atoms with van der Waals surface area (Å²) in [5, 5.41) is 12.2. The molecule has 0 aliphatic carbocycles. The van der Waals surface area contributed by atoms with Crippen molar-refractivity contribution in [1.29, 1.82) is 5.26 Å². The highest BCUT2D eigenvalue weighted by Crippen LogP contribution is 2.23. The third-order valence-electron chi connectivity index (χ3n) is 5.92. The minimum Gasteiger partial charge on any atom is -0.492 e. The van der Waals surface area contributed by atoms with Gasteiger partial charge in [-0.2, -0.15) is 14.6 Å². The molecular formula is C26H31N7O3S. The Morgan fingerprint density at radius 3 is 2.32 bits per heavy atom. The molecule has 0 amide bonds. The Balaban J connectivity index is 1.38. The van der Waals surface area contributed by atoms with E-state index in [9.17, 15) is 8.42 Å². The molecule has 194 valence electrons. The number of aromatic nitrogens is 2. The quantitative estimate of drug-likeness (QED) is 0.454. The molecule has 4 rings (SSSR count). The summed E-state index contributed by atoms with van der Waals surface area (Å²) in [6.45, 7) is 4.83. The molecular weight excluding hydrogens is 490 g/mol. The molecule has 1 fully saturated rings. The lowest BCUT2D eigenvalue weighted by molar-refractivity contribution is 0.261. The van der Waals surface area contributed by atoms with Crippen LogP contribution in [0.1, 0.15) is 11.3 Å². The number of nitrogens with zero attached hydrogens (tertiary/aromatic N) is 6. The van der Waals surface area contributed by atoms with E-state index < -0.39 is 10.0 Å². The number of benzene rings is 2. The molecule has 1 aliphatic rings. The Labute approximate surface area is 218 Å². The molecule has 3 aromatic rings. The van der Waals surface area contributed by atoms with Crippen LogP contribution in [0, 0.1) is 18.3 Å². The molecule has 10 nitrogen and oxygen atoms in total. The zero-order valence-electron chi connectivity index (χ0n) is 21.3. The van der Waals surface area contributed by atoms with Crippen LogP contribution in [0.5, 0.6) is 5.75 Å². The fourth-order valence-corrected chi connectivity index (χ4v) is 5.29. The van der Waals surface area contributed by atoms with Gasteiger partial charge in [-0.1, -0.05) is 0 Å². The van der Waals surface area contributed by atoms with Gasteiger partial charge >= 0.3 is 0 Å². The highest BCUT2D eigenvalue weighted by Gasteiger charge is 2.29. The highest BCUT2D eigenvalue weighted by atomic mass is 32.2. The SMILES string of the molecule is Cc1cc(Nc2ccc(C#N)cc2)nc(N2CCN(S(=O)(=O)c3ccc(OCCN(C)C)cc3)CC2)n1. The fraction of sp³-hybridized carbons (Fsp3) is 0.346. The van der Waals surface area contributed by atoms with Crippen molar-refractivity contribution in [3.63, 3.8) is 0 Å². The number of aryl methyl sites for hydroxylation is 1. The second-order valence-electron chi connectivity index (χ2n) is 9.02. The van der Waals surface area contributed by atoms with Crippen LogP contribution in [0.4, 0.5) is 17.5 Å². The molecule has 0 saturated carbocycles. The first-order valence-corrected chi connectivity index (χ1v) is 13.4. The lowest BCUT2D eigenvalue weighted by Crippen LogP contribution is -2.49. The van der Waals surface area contributed by atoms with Gasteiger partial charge in [0.15, 0.2) is 0 Å². The molecule has 1 aliphatic heterocycles. The smallest absolute Gasteiger partial charge is 0.243 e. The zero-order chi connectivity index (χ0) is 26.4. The summed E-state index contributed by atoms with van der Waals surface area (Å²) >= 11 is 0. The summed E-state index contributed by atoms with van der Waals surface area (Å²) in [7, 11) is 0.324. The number of anilines is 3. The van der Waals surface area contributed by atoms with Gasteiger partial charge in [0.25, 0.3) is 0 Å². The maximum atomic E-state index is 13.2. The minimum atomic E-state index is -3.61. The van der Waals surface area contributed by atoms with Crippen molar-refractivity contribution in [3.8, 4) is 11.8 Å². The van der Waals surface area contributed by atoms with E-state index in [1.165, 1.54) is 4.31 Å². The van der Waals surface area contributed by atoms with Gasteiger partial charge in [0.2, 0.25) is 16.0 Å². The van der Waals surface area contributed by atoms with Crippen molar-refractivity contribution in [2.24, 2.45) is 0 Å². The molecule has 0 spiro atoms. The number of nitriles is 1. The van der Waals surface area contributed by atoms with Crippen molar-refractivity contribution in [2.75, 3.05) is 63.6 Å². The Morgan fingerprint density at radius 1 is 1.03 bits per heavy atom. The molecule has 0 bridgehead atoms. The van der Waals surface area contributed by atoms with Gasteiger partial charge < -0.3 is 19.9 Å². The summed E-state index contributed by atoms with van der Waals surface area (Å²) in [6.07, 6.45) is 0. The number of sulfonamides is 1. The maximum absolute atomic E-state index is 13.2. The van der Waals surface area contributed by atoms with Crippen LogP contribution in [-0.2, 0) is 10.0 Å². The normalized spacial score (nSPS) is 14.4. The number of piperazine rings is 1. The Morgan fingerprint density at radius 2 is 1.70 bits per heavy atom. The number of nitrogens with one attached hydrogen (secondary N) is 1. The minimum absolute atomic E-state index is 0.251. The van der Waals surface area contributed by atoms with Gasteiger partial charge in [0, 0.05) is 50.2 Å². The van der Waals surface area contributed by atoms with E-state index in [0.29, 0.717) is 55.9 Å². The lowest BCUT2D eigenvalue weighted by atomic mass is 10.2. The zero-order valence-corrected chi connectivity index (χ0v) is 22.1. The van der Waals surface area contributed by atoms with Crippen molar-refractivity contribution < 1.29 is 13.2 Å². The van der Waals surface area contributed by atoms with E-state index in [1.807, 2.05) is 49.0 Å². The van der Waals surface area contributed by atoms with Gasteiger partial charge in [-0.3, -0.25) is 0 Å². The van der Waals surface area contributed by atoms with Crippen molar-refractivity contribution in [3.05, 3.63) is 65.9 Å². The Kier molecular flexibility index (Phi) is 8.23. The van der Waals surface area contributed by atoms with Gasteiger partial charge in [-0.25, -0.2) is 13.4 Å². The average Bonchev–Trinajstić information content (AvgIpc) is 2.89. The number of ether oxygens (including phenoxy) is 1. The summed E-state index contributed by atoms with van der Waals surface area (Å²) < 4.78 is 33.6. The topological polar surface area (TPSA) is 115 Å². The Bertz CT molecular complexity index is 1350. The summed E-state index contributed by atoms with van der Waals surface area (Å²) in [6, 6.07) is 17.6. The van der Waals surface area contributed by atoms with E-state index in [1.54, 1.807) is 36.4 Å². The van der Waals surface area contributed by atoms with Gasteiger partial charge in [0.05, 0.1) is 16.5 Å². The van der Waals surface area contributed by atoms with Crippen LogP contribution in [0.3, 0.4) is 0 Å². The summed E-state index contributed by atoms with van der Waals surface area (Å²) in [5.41, 5.74) is 2.19. The standard InChI is InChI=1S/C26H31N7O3S/c1-20-18-25(29-22-6-4-21(19-27)5-7-22)30-26(28-20)32-12-14-33(15-13-32)37(34,35)24-10-8-23(9-11-24)36-17-16-31(2)3/h4-11,18H,12-17H2,1-3H3,(H,28,29,30). The molecule has 1 N–H and O–H groups in total. The second kappa shape index (κ2) is 11.6. The average molecular weight is 522 g/mol. The lowest BCUT2D eigenvalue weighted by Gasteiger charge is -2.34. The van der Waals surface area contributed by atoms with Crippen molar-refractivity contribution >= 4 is 27.5 Å². The van der Waals surface area contributed by atoms with E-state index >= 15 is 0 Å². The second-order valence-corrected chi connectivity index (χ2v) is 11.0. The van der Waals surface area contributed by atoms with E-state index in [2.05, 4.69) is 21.4 Å². The predicted octanol–water partition coefficient (Wildman–Crippen LogP) is 2.85. The first-order chi connectivity index (χ1) is 17.7. The largest absolute Gasteiger partial charge is 0.492 e. The molecule has 0 atom stereocenters. The Hall–Kier alpha value is -3.72. The molecule has 2 aromatic carbocycles. The first kappa shape index (κ1) is 26.3. The molecule has 0 unspecified atom stereocenters. The monoisotopic (exact) mass is 521 g/mol. The predicted molar refractivity (Wildman–Crippen MR) is 143 cm³/mol. The van der Waals surface area contributed by atoms with Crippen molar-refractivity contribution in [1.82, 2.24) is 19.2 Å². The molecule has 0 radical (unpaired) electrons. The third kappa shape index (κ3) is 6.74. The molecule has 11 heteroatoms. The highest BCUT2D eigenvalue weighted by molar-refractivity contribution is 7.89. The van der Waals surface area contributed by atoms with Crippen LogP contribution in [0.15, 0.2) is 59.5 Å². The van der Waals surface area contributed by atoms with Gasteiger partial charge in [0.1, 0.15) is 18.2 Å². The van der Waals surface area contributed by atoms with Crippen LogP contribution in [0.25, 0.3) is 0 Å². The third-order valence-corrected chi connectivity index (χ3v) is 7.83. The molecule has 1 aromatic heterocycles. The van der Waals surface area contributed by atoms with Crippen LogP contribution in [-0.4, -0.2) is 81.0 Å². The van der Waals surface area contributed by atoms with Crippen LogP contribution >= 0.6 is 0 Å². The maximum Gasteiger partial charge on any atom is 0.243 e. The van der Waals surface area contributed by atoms with Crippen LogP contribution < -0.4 is 15.0 Å². The number of rotatable bonds is 9. The summed E-state index contributed by atoms with van der Waals surface area (Å²) in [4.78, 5) is 13.5. The number of hydrogen-bond donors (Lipinski definition) is 1. The van der Waals surface area contributed by atoms with E-state index in [-0.39, 0.29) is 4.90 Å². The molecule has 37 heavy (non-hydrogen) atoms. The van der Waals surface area contributed by atoms with Crippen LogP contribution in [0.2, 0.25) is 0 Å². The molecule has 1 saturated heterocycles. The van der Waals surface area contributed by atoms with E-state index in [0.717, 1.165) is 17.9 Å².